The number of aliphatic carboxylic acids is 1. The van der Waals surface area contributed by atoms with Gasteiger partial charge in [0.25, 0.3) is 5.91 Å². The maximum Gasteiger partial charge on any atom is 0.325 e. The molecule has 21 heavy (non-hydrogen) atoms. The maximum atomic E-state index is 11.7. The Morgan fingerprint density at radius 3 is 2.52 bits per heavy atom. The zero-order valence-corrected chi connectivity index (χ0v) is 14.2. The van der Waals surface area contributed by atoms with Crippen LogP contribution in [0.2, 0.25) is 0 Å². The Labute approximate surface area is 132 Å². The highest BCUT2D eigenvalue weighted by atomic mass is 79.9. The zero-order valence-electron chi connectivity index (χ0n) is 12.6. The summed E-state index contributed by atoms with van der Waals surface area (Å²) in [6.45, 7) is 7.33. The second kappa shape index (κ2) is 6.93. The molecule has 0 aliphatic heterocycles. The standard InChI is InChI=1S/C15H20BrNO4/c1-9(14(19)20)17-13(18)8-21-12-6-5-10(16)7-11(12)15(2,3)4/h5-7,9H,8H2,1-4H3,(H,17,18)(H,19,20). The summed E-state index contributed by atoms with van der Waals surface area (Å²) in [5.41, 5.74) is 0.834. The average Bonchev–Trinajstić information content (AvgIpc) is 2.35. The predicted octanol–water partition coefficient (Wildman–Crippen LogP) is 2.71. The van der Waals surface area contributed by atoms with Gasteiger partial charge in [-0.15, -0.1) is 0 Å². The fourth-order valence-electron chi connectivity index (χ4n) is 1.70. The average molecular weight is 358 g/mol. The van der Waals surface area contributed by atoms with Gasteiger partial charge in [0, 0.05) is 10.0 Å². The highest BCUT2D eigenvalue weighted by molar-refractivity contribution is 9.10. The molecule has 0 bridgehead atoms. The van der Waals surface area contributed by atoms with Gasteiger partial charge in [0.15, 0.2) is 6.61 Å². The fraction of sp³-hybridized carbons (Fsp3) is 0.467. The van der Waals surface area contributed by atoms with Crippen LogP contribution in [0, 0.1) is 0 Å². The number of carbonyl (C=O) groups excluding carboxylic acids is 1. The van der Waals surface area contributed by atoms with Gasteiger partial charge in [0.1, 0.15) is 11.8 Å². The molecule has 2 N–H and O–H groups in total. The first-order valence-corrected chi connectivity index (χ1v) is 7.35. The van der Waals surface area contributed by atoms with E-state index in [1.54, 1.807) is 6.07 Å². The number of hydrogen-bond donors (Lipinski definition) is 2. The second-order valence-electron chi connectivity index (χ2n) is 5.81. The molecule has 0 aromatic heterocycles. The van der Waals surface area contributed by atoms with Crippen LogP contribution in [0.25, 0.3) is 0 Å². The lowest BCUT2D eigenvalue weighted by atomic mass is 9.86. The lowest BCUT2D eigenvalue weighted by Gasteiger charge is -2.23. The van der Waals surface area contributed by atoms with E-state index in [-0.39, 0.29) is 12.0 Å². The minimum absolute atomic E-state index is 0.135. The summed E-state index contributed by atoms with van der Waals surface area (Å²) in [4.78, 5) is 22.3. The van der Waals surface area contributed by atoms with Gasteiger partial charge in [-0.2, -0.15) is 0 Å². The number of carbonyl (C=O) groups is 2. The molecule has 0 aliphatic rings. The van der Waals surface area contributed by atoms with Crippen molar-refractivity contribution in [1.82, 2.24) is 5.32 Å². The first kappa shape index (κ1) is 17.5. The van der Waals surface area contributed by atoms with Crippen LogP contribution in [-0.2, 0) is 15.0 Å². The first-order chi connectivity index (χ1) is 9.61. The lowest BCUT2D eigenvalue weighted by molar-refractivity contribution is -0.141. The van der Waals surface area contributed by atoms with Gasteiger partial charge in [-0.1, -0.05) is 36.7 Å². The molecule has 0 spiro atoms. The third-order valence-corrected chi connectivity index (χ3v) is 3.35. The molecule has 1 atom stereocenters. The van der Waals surface area contributed by atoms with Crippen LogP contribution in [-0.4, -0.2) is 29.6 Å². The Kier molecular flexibility index (Phi) is 5.78. The van der Waals surface area contributed by atoms with Crippen molar-refractivity contribution in [3.8, 4) is 5.75 Å². The van der Waals surface area contributed by atoms with Crippen molar-refractivity contribution >= 4 is 27.8 Å². The number of ether oxygens (including phenoxy) is 1. The van der Waals surface area contributed by atoms with E-state index in [9.17, 15) is 9.59 Å². The zero-order chi connectivity index (χ0) is 16.2. The largest absolute Gasteiger partial charge is 0.483 e. The van der Waals surface area contributed by atoms with E-state index in [1.165, 1.54) is 6.92 Å². The van der Waals surface area contributed by atoms with Crippen molar-refractivity contribution in [1.29, 1.82) is 0 Å². The highest BCUT2D eigenvalue weighted by Gasteiger charge is 2.20. The molecule has 5 nitrogen and oxygen atoms in total. The number of rotatable bonds is 5. The van der Waals surface area contributed by atoms with Crippen LogP contribution in [0.15, 0.2) is 22.7 Å². The number of carboxylic acid groups (broad SMARTS) is 1. The normalized spacial score (nSPS) is 12.6. The number of nitrogens with one attached hydrogen (secondary N) is 1. The number of halogens is 1. The van der Waals surface area contributed by atoms with Gasteiger partial charge >= 0.3 is 5.97 Å². The van der Waals surface area contributed by atoms with Crippen LogP contribution in [0.5, 0.6) is 5.75 Å². The second-order valence-corrected chi connectivity index (χ2v) is 6.72. The lowest BCUT2D eigenvalue weighted by Crippen LogP contribution is -2.40. The third kappa shape index (κ3) is 5.38. The Morgan fingerprint density at radius 2 is 2.00 bits per heavy atom. The summed E-state index contributed by atoms with van der Waals surface area (Å²) in [6, 6.07) is 4.64. The Balaban J connectivity index is 2.76. The SMILES string of the molecule is CC(NC(=O)COc1ccc(Br)cc1C(C)(C)C)C(=O)O. The van der Waals surface area contributed by atoms with E-state index >= 15 is 0 Å². The number of amides is 1. The van der Waals surface area contributed by atoms with Crippen LogP contribution in [0.3, 0.4) is 0 Å². The third-order valence-electron chi connectivity index (χ3n) is 2.86. The van der Waals surface area contributed by atoms with Crippen molar-refractivity contribution in [2.45, 2.75) is 39.2 Å². The molecule has 0 radical (unpaired) electrons. The van der Waals surface area contributed by atoms with Crippen molar-refractivity contribution in [2.24, 2.45) is 0 Å². The van der Waals surface area contributed by atoms with Crippen LogP contribution in [0.4, 0.5) is 0 Å². The van der Waals surface area contributed by atoms with Crippen molar-refractivity contribution in [2.75, 3.05) is 6.61 Å². The molecule has 1 unspecified atom stereocenters. The molecule has 1 aromatic carbocycles. The van der Waals surface area contributed by atoms with E-state index < -0.39 is 17.9 Å². The van der Waals surface area contributed by atoms with Gasteiger partial charge < -0.3 is 15.2 Å². The minimum Gasteiger partial charge on any atom is -0.483 e. The predicted molar refractivity (Wildman–Crippen MR) is 83.6 cm³/mol. The topological polar surface area (TPSA) is 75.6 Å². The molecule has 0 aliphatic carbocycles. The van der Waals surface area contributed by atoms with Gasteiger partial charge in [-0.25, -0.2) is 0 Å². The molecular weight excluding hydrogens is 338 g/mol. The summed E-state index contributed by atoms with van der Waals surface area (Å²) >= 11 is 3.42. The molecular formula is C15H20BrNO4. The summed E-state index contributed by atoms with van der Waals surface area (Å²) < 4.78 is 6.47. The molecule has 0 saturated carbocycles. The Hall–Kier alpha value is -1.56. The smallest absolute Gasteiger partial charge is 0.325 e. The molecule has 0 heterocycles. The molecule has 1 rings (SSSR count). The van der Waals surface area contributed by atoms with Crippen molar-refractivity contribution in [3.05, 3.63) is 28.2 Å². The van der Waals surface area contributed by atoms with Crippen molar-refractivity contribution in [3.63, 3.8) is 0 Å². The fourth-order valence-corrected chi connectivity index (χ4v) is 2.06. The highest BCUT2D eigenvalue weighted by Crippen LogP contribution is 2.33. The number of benzene rings is 1. The monoisotopic (exact) mass is 357 g/mol. The summed E-state index contributed by atoms with van der Waals surface area (Å²) in [5.74, 6) is -0.932. The van der Waals surface area contributed by atoms with E-state index in [4.69, 9.17) is 9.84 Å². The van der Waals surface area contributed by atoms with Gasteiger partial charge in [0.05, 0.1) is 0 Å². The molecule has 116 valence electrons. The first-order valence-electron chi connectivity index (χ1n) is 6.56. The van der Waals surface area contributed by atoms with E-state index in [0.717, 1.165) is 10.0 Å². The Morgan fingerprint density at radius 1 is 1.38 bits per heavy atom. The van der Waals surface area contributed by atoms with Gasteiger partial charge in [-0.05, 0) is 30.5 Å². The van der Waals surface area contributed by atoms with E-state index in [2.05, 4.69) is 21.2 Å². The van der Waals surface area contributed by atoms with Crippen LogP contribution in [0.1, 0.15) is 33.3 Å². The molecule has 6 heteroatoms. The Bertz CT molecular complexity index is 537. The summed E-state index contributed by atoms with van der Waals surface area (Å²) in [6.07, 6.45) is 0. The molecule has 0 fully saturated rings. The van der Waals surface area contributed by atoms with E-state index in [1.807, 2.05) is 32.9 Å². The van der Waals surface area contributed by atoms with Crippen molar-refractivity contribution < 1.29 is 19.4 Å². The minimum atomic E-state index is -1.08. The summed E-state index contributed by atoms with van der Waals surface area (Å²) in [7, 11) is 0. The van der Waals surface area contributed by atoms with Gasteiger partial charge in [-0.3, -0.25) is 9.59 Å². The molecule has 0 saturated heterocycles. The maximum absolute atomic E-state index is 11.7. The quantitative estimate of drug-likeness (QED) is 0.849. The van der Waals surface area contributed by atoms with Crippen LogP contribution < -0.4 is 10.1 Å². The summed E-state index contributed by atoms with van der Waals surface area (Å²) in [5, 5.41) is 11.1. The van der Waals surface area contributed by atoms with Crippen LogP contribution >= 0.6 is 15.9 Å². The van der Waals surface area contributed by atoms with Gasteiger partial charge in [0.2, 0.25) is 0 Å². The molecule has 1 aromatic rings. The molecule has 1 amide bonds. The number of hydrogen-bond acceptors (Lipinski definition) is 3. The van der Waals surface area contributed by atoms with E-state index in [0.29, 0.717) is 5.75 Å². The number of carboxylic acids is 1.